The third-order valence-corrected chi connectivity index (χ3v) is 4.03. The molecular formula is C20H27NO2. The first-order chi connectivity index (χ1) is 11.1. The molecule has 0 saturated heterocycles. The Kier molecular flexibility index (Phi) is 6.63. The highest BCUT2D eigenvalue weighted by Gasteiger charge is 2.15. The van der Waals surface area contributed by atoms with E-state index in [1.54, 1.807) is 7.11 Å². The SMILES string of the molecule is COc1ccc(CN(CC(O)Cc2ccccc2)C(C)C)cc1. The van der Waals surface area contributed by atoms with Gasteiger partial charge in [-0.05, 0) is 43.5 Å². The highest BCUT2D eigenvalue weighted by molar-refractivity contribution is 5.27. The van der Waals surface area contributed by atoms with Crippen molar-refractivity contribution in [3.8, 4) is 5.75 Å². The Bertz CT molecular complexity index is 566. The van der Waals surface area contributed by atoms with Gasteiger partial charge < -0.3 is 9.84 Å². The molecule has 0 aromatic heterocycles. The van der Waals surface area contributed by atoms with Crippen molar-refractivity contribution >= 4 is 0 Å². The molecule has 23 heavy (non-hydrogen) atoms. The molecule has 0 spiro atoms. The van der Waals surface area contributed by atoms with Crippen molar-refractivity contribution in [2.24, 2.45) is 0 Å². The molecule has 0 bridgehead atoms. The molecule has 3 nitrogen and oxygen atoms in total. The van der Waals surface area contributed by atoms with Crippen molar-refractivity contribution in [2.45, 2.75) is 39.0 Å². The second kappa shape index (κ2) is 8.70. The minimum atomic E-state index is -0.363. The molecule has 0 amide bonds. The van der Waals surface area contributed by atoms with Crippen molar-refractivity contribution < 1.29 is 9.84 Å². The fourth-order valence-electron chi connectivity index (χ4n) is 2.64. The number of benzene rings is 2. The lowest BCUT2D eigenvalue weighted by Gasteiger charge is -2.29. The molecule has 0 saturated carbocycles. The van der Waals surface area contributed by atoms with E-state index in [1.165, 1.54) is 11.1 Å². The van der Waals surface area contributed by atoms with Crippen molar-refractivity contribution in [3.63, 3.8) is 0 Å². The monoisotopic (exact) mass is 313 g/mol. The molecule has 3 heteroatoms. The van der Waals surface area contributed by atoms with E-state index in [0.717, 1.165) is 12.3 Å². The standard InChI is InChI=1S/C20H27NO2/c1-16(2)21(14-18-9-11-20(23-3)12-10-18)15-19(22)13-17-7-5-4-6-8-17/h4-12,16,19,22H,13-15H2,1-3H3. The lowest BCUT2D eigenvalue weighted by atomic mass is 10.1. The number of hydrogen-bond acceptors (Lipinski definition) is 3. The third kappa shape index (κ3) is 5.70. The second-order valence-corrected chi connectivity index (χ2v) is 6.21. The van der Waals surface area contributed by atoms with Gasteiger partial charge in [0.05, 0.1) is 13.2 Å². The van der Waals surface area contributed by atoms with Gasteiger partial charge in [-0.15, -0.1) is 0 Å². The highest BCUT2D eigenvalue weighted by Crippen LogP contribution is 2.15. The normalized spacial score (nSPS) is 12.6. The number of hydrogen-bond donors (Lipinski definition) is 1. The van der Waals surface area contributed by atoms with Gasteiger partial charge in [-0.1, -0.05) is 42.5 Å². The molecule has 0 heterocycles. The van der Waals surface area contributed by atoms with E-state index in [9.17, 15) is 5.11 Å². The zero-order chi connectivity index (χ0) is 16.7. The lowest BCUT2D eigenvalue weighted by Crippen LogP contribution is -2.37. The van der Waals surface area contributed by atoms with Crippen LogP contribution < -0.4 is 4.74 Å². The Balaban J connectivity index is 1.94. The van der Waals surface area contributed by atoms with Gasteiger partial charge in [-0.25, -0.2) is 0 Å². The summed E-state index contributed by atoms with van der Waals surface area (Å²) in [5, 5.41) is 10.4. The fraction of sp³-hybridized carbons (Fsp3) is 0.400. The van der Waals surface area contributed by atoms with Gasteiger partial charge in [0.2, 0.25) is 0 Å². The van der Waals surface area contributed by atoms with Crippen molar-refractivity contribution in [1.29, 1.82) is 0 Å². The summed E-state index contributed by atoms with van der Waals surface area (Å²) in [5.41, 5.74) is 2.40. The molecule has 0 radical (unpaired) electrons. The molecule has 124 valence electrons. The van der Waals surface area contributed by atoms with Gasteiger partial charge in [-0.3, -0.25) is 4.90 Å². The van der Waals surface area contributed by atoms with Crippen molar-refractivity contribution in [3.05, 3.63) is 65.7 Å². The average molecular weight is 313 g/mol. The molecule has 0 aliphatic carbocycles. The van der Waals surface area contributed by atoms with Crippen molar-refractivity contribution in [1.82, 2.24) is 4.90 Å². The Morgan fingerprint density at radius 3 is 2.17 bits per heavy atom. The van der Waals surface area contributed by atoms with Crippen LogP contribution in [-0.4, -0.2) is 35.8 Å². The van der Waals surface area contributed by atoms with Crippen LogP contribution in [0, 0.1) is 0 Å². The molecule has 0 fully saturated rings. The van der Waals surface area contributed by atoms with Gasteiger partial charge in [0.15, 0.2) is 0 Å². The number of methoxy groups -OCH3 is 1. The molecule has 1 unspecified atom stereocenters. The van der Waals surface area contributed by atoms with Crippen LogP contribution in [-0.2, 0) is 13.0 Å². The minimum Gasteiger partial charge on any atom is -0.497 e. The van der Waals surface area contributed by atoms with E-state index in [4.69, 9.17) is 4.74 Å². The summed E-state index contributed by atoms with van der Waals surface area (Å²) >= 11 is 0. The molecule has 0 aliphatic rings. The zero-order valence-corrected chi connectivity index (χ0v) is 14.3. The molecule has 2 aromatic rings. The molecular weight excluding hydrogens is 286 g/mol. The lowest BCUT2D eigenvalue weighted by molar-refractivity contribution is 0.0908. The fourth-order valence-corrected chi connectivity index (χ4v) is 2.64. The van der Waals surface area contributed by atoms with Crippen LogP contribution in [0.25, 0.3) is 0 Å². The van der Waals surface area contributed by atoms with E-state index in [2.05, 4.69) is 43.0 Å². The van der Waals surface area contributed by atoms with Crippen LogP contribution in [0.5, 0.6) is 5.75 Å². The maximum Gasteiger partial charge on any atom is 0.118 e. The van der Waals surface area contributed by atoms with Gasteiger partial charge in [0.25, 0.3) is 0 Å². The summed E-state index contributed by atoms with van der Waals surface area (Å²) in [6, 6.07) is 18.7. The predicted octanol–water partition coefficient (Wildman–Crippen LogP) is 3.51. The minimum absolute atomic E-state index is 0.363. The van der Waals surface area contributed by atoms with Gasteiger partial charge >= 0.3 is 0 Å². The van der Waals surface area contributed by atoms with E-state index in [-0.39, 0.29) is 6.10 Å². The first kappa shape index (κ1) is 17.5. The molecule has 2 aromatic carbocycles. The summed E-state index contributed by atoms with van der Waals surface area (Å²) in [4.78, 5) is 2.30. The van der Waals surface area contributed by atoms with Crippen LogP contribution in [0.1, 0.15) is 25.0 Å². The predicted molar refractivity (Wildman–Crippen MR) is 94.7 cm³/mol. The Labute approximate surface area is 139 Å². The number of nitrogens with zero attached hydrogens (tertiary/aromatic N) is 1. The number of aliphatic hydroxyl groups excluding tert-OH is 1. The van der Waals surface area contributed by atoms with Gasteiger partial charge in [0.1, 0.15) is 5.75 Å². The largest absolute Gasteiger partial charge is 0.497 e. The summed E-state index contributed by atoms with van der Waals surface area (Å²) in [7, 11) is 1.68. The maximum absolute atomic E-state index is 10.4. The van der Waals surface area contributed by atoms with Crippen LogP contribution >= 0.6 is 0 Å². The Morgan fingerprint density at radius 2 is 1.61 bits per heavy atom. The third-order valence-electron chi connectivity index (χ3n) is 4.03. The number of ether oxygens (including phenoxy) is 1. The van der Waals surface area contributed by atoms with Crippen molar-refractivity contribution in [2.75, 3.05) is 13.7 Å². The van der Waals surface area contributed by atoms with Crippen LogP contribution in [0.2, 0.25) is 0 Å². The number of rotatable bonds is 8. The molecule has 1 N–H and O–H groups in total. The number of aliphatic hydroxyl groups is 1. The van der Waals surface area contributed by atoms with Crippen LogP contribution in [0.15, 0.2) is 54.6 Å². The van der Waals surface area contributed by atoms with E-state index >= 15 is 0 Å². The van der Waals surface area contributed by atoms with Gasteiger partial charge in [0, 0.05) is 19.1 Å². The summed E-state index contributed by atoms with van der Waals surface area (Å²) < 4.78 is 5.20. The Hall–Kier alpha value is -1.84. The zero-order valence-electron chi connectivity index (χ0n) is 14.3. The van der Waals surface area contributed by atoms with Gasteiger partial charge in [-0.2, -0.15) is 0 Å². The quantitative estimate of drug-likeness (QED) is 0.809. The van der Waals surface area contributed by atoms with Crippen LogP contribution in [0.4, 0.5) is 0 Å². The first-order valence-electron chi connectivity index (χ1n) is 8.17. The summed E-state index contributed by atoms with van der Waals surface area (Å²) in [5.74, 6) is 0.869. The molecule has 1 atom stereocenters. The summed E-state index contributed by atoms with van der Waals surface area (Å²) in [6.45, 7) is 5.82. The van der Waals surface area contributed by atoms with E-state index in [1.807, 2.05) is 30.3 Å². The van der Waals surface area contributed by atoms with E-state index in [0.29, 0.717) is 19.0 Å². The van der Waals surface area contributed by atoms with Crippen LogP contribution in [0.3, 0.4) is 0 Å². The van der Waals surface area contributed by atoms with E-state index < -0.39 is 0 Å². The smallest absolute Gasteiger partial charge is 0.118 e. The highest BCUT2D eigenvalue weighted by atomic mass is 16.5. The topological polar surface area (TPSA) is 32.7 Å². The Morgan fingerprint density at radius 1 is 0.957 bits per heavy atom. The molecule has 2 rings (SSSR count). The maximum atomic E-state index is 10.4. The first-order valence-corrected chi connectivity index (χ1v) is 8.17. The summed E-state index contributed by atoms with van der Waals surface area (Å²) in [6.07, 6.45) is 0.324. The molecule has 0 aliphatic heterocycles. The average Bonchev–Trinajstić information content (AvgIpc) is 2.55. The second-order valence-electron chi connectivity index (χ2n) is 6.21.